The van der Waals surface area contributed by atoms with E-state index in [9.17, 15) is 9.59 Å². The van der Waals surface area contributed by atoms with Crippen LogP contribution < -0.4 is 15.9 Å². The third-order valence-corrected chi connectivity index (χ3v) is 4.99. The van der Waals surface area contributed by atoms with Gasteiger partial charge in [-0.2, -0.15) is 5.10 Å². The molecule has 3 heterocycles. The highest BCUT2D eigenvalue weighted by Gasteiger charge is 2.20. The van der Waals surface area contributed by atoms with Crippen molar-refractivity contribution in [2.24, 2.45) is 5.10 Å². The third kappa shape index (κ3) is 3.69. The summed E-state index contributed by atoms with van der Waals surface area (Å²) in [4.78, 5) is 31.0. The summed E-state index contributed by atoms with van der Waals surface area (Å²) in [5.41, 5.74) is 5.50. The Kier molecular flexibility index (Phi) is 4.99. The molecule has 148 valence electrons. The van der Waals surface area contributed by atoms with E-state index in [4.69, 9.17) is 10.1 Å². The van der Waals surface area contributed by atoms with Gasteiger partial charge in [-0.1, -0.05) is 6.07 Å². The van der Waals surface area contributed by atoms with Crippen molar-refractivity contribution in [1.29, 1.82) is 0 Å². The number of aromatic nitrogens is 2. The number of fused-ring (bicyclic) bond motifs is 1. The predicted octanol–water partition coefficient (Wildman–Crippen LogP) is 2.75. The molecule has 4 rings (SSSR count). The van der Waals surface area contributed by atoms with Crippen molar-refractivity contribution < 1.29 is 9.90 Å². The fraction of sp³-hybridized carbons (Fsp3) is 0.238. The first-order chi connectivity index (χ1) is 14.0. The van der Waals surface area contributed by atoms with Crippen LogP contribution in [0.2, 0.25) is 0 Å². The monoisotopic (exact) mass is 391 g/mol. The molecule has 8 heteroatoms. The number of pyridine rings is 1. The summed E-state index contributed by atoms with van der Waals surface area (Å²) in [6.45, 7) is 3.66. The van der Waals surface area contributed by atoms with E-state index in [2.05, 4.69) is 15.4 Å². The van der Waals surface area contributed by atoms with Crippen molar-refractivity contribution in [1.82, 2.24) is 9.38 Å². The Labute approximate surface area is 167 Å². The van der Waals surface area contributed by atoms with Crippen LogP contribution in [0.25, 0.3) is 5.65 Å². The summed E-state index contributed by atoms with van der Waals surface area (Å²) >= 11 is 0. The Morgan fingerprint density at radius 3 is 2.62 bits per heavy atom. The SMILES string of the molecule is Cc1cccn2c(=O)c(C=NNc3ccc(C(=O)O)cc3)c(N3CCCC3)nc12. The maximum atomic E-state index is 13.1. The molecule has 1 aromatic carbocycles. The van der Waals surface area contributed by atoms with Gasteiger partial charge in [0.25, 0.3) is 5.56 Å². The molecule has 29 heavy (non-hydrogen) atoms. The normalized spacial score (nSPS) is 14.0. The number of carboxylic acids is 1. The summed E-state index contributed by atoms with van der Waals surface area (Å²) in [5.74, 6) is -0.338. The van der Waals surface area contributed by atoms with Crippen LogP contribution in [0.3, 0.4) is 0 Å². The lowest BCUT2D eigenvalue weighted by Crippen LogP contribution is -2.28. The molecule has 1 aliphatic rings. The summed E-state index contributed by atoms with van der Waals surface area (Å²) in [6, 6.07) is 9.99. The number of hydrazone groups is 1. The van der Waals surface area contributed by atoms with Crippen LogP contribution in [0.4, 0.5) is 11.5 Å². The van der Waals surface area contributed by atoms with E-state index in [1.165, 1.54) is 22.7 Å². The smallest absolute Gasteiger partial charge is 0.335 e. The molecule has 0 amide bonds. The van der Waals surface area contributed by atoms with Gasteiger partial charge >= 0.3 is 5.97 Å². The number of aryl methyl sites for hydroxylation is 1. The molecule has 0 bridgehead atoms. The maximum absolute atomic E-state index is 13.1. The Morgan fingerprint density at radius 2 is 1.93 bits per heavy atom. The minimum Gasteiger partial charge on any atom is -0.478 e. The molecule has 0 saturated carbocycles. The van der Waals surface area contributed by atoms with E-state index in [-0.39, 0.29) is 11.1 Å². The largest absolute Gasteiger partial charge is 0.478 e. The lowest BCUT2D eigenvalue weighted by molar-refractivity contribution is 0.0697. The Balaban J connectivity index is 1.70. The van der Waals surface area contributed by atoms with Crippen molar-refractivity contribution in [3.8, 4) is 0 Å². The standard InChI is InChI=1S/C21H21N5O3/c1-14-5-4-12-26-18(14)23-19(25-10-2-3-11-25)17(20(26)27)13-22-24-16-8-6-15(7-9-16)21(28)29/h4-9,12-13,24H,2-3,10-11H2,1H3,(H,28,29). The number of benzene rings is 1. The van der Waals surface area contributed by atoms with E-state index < -0.39 is 5.97 Å². The zero-order valence-electron chi connectivity index (χ0n) is 16.0. The minimum atomic E-state index is -0.985. The zero-order valence-corrected chi connectivity index (χ0v) is 16.0. The molecule has 1 fully saturated rings. The molecule has 1 saturated heterocycles. The Hall–Kier alpha value is -3.68. The van der Waals surface area contributed by atoms with Gasteiger partial charge in [-0.05, 0) is 55.7 Å². The molecular formula is C21H21N5O3. The predicted molar refractivity (Wildman–Crippen MR) is 112 cm³/mol. The zero-order chi connectivity index (χ0) is 20.4. The first kappa shape index (κ1) is 18.7. The molecule has 3 aromatic rings. The second-order valence-corrected chi connectivity index (χ2v) is 6.99. The van der Waals surface area contributed by atoms with Gasteiger partial charge in [0.15, 0.2) is 0 Å². The van der Waals surface area contributed by atoms with Gasteiger partial charge in [0.1, 0.15) is 17.0 Å². The minimum absolute atomic E-state index is 0.174. The number of carbonyl (C=O) groups is 1. The van der Waals surface area contributed by atoms with Crippen LogP contribution in [0, 0.1) is 6.92 Å². The van der Waals surface area contributed by atoms with E-state index >= 15 is 0 Å². The first-order valence-corrected chi connectivity index (χ1v) is 9.44. The molecule has 0 atom stereocenters. The van der Waals surface area contributed by atoms with Crippen LogP contribution in [-0.2, 0) is 0 Å². The van der Waals surface area contributed by atoms with Gasteiger partial charge in [-0.25, -0.2) is 9.78 Å². The first-order valence-electron chi connectivity index (χ1n) is 9.44. The van der Waals surface area contributed by atoms with Crippen LogP contribution in [0.1, 0.15) is 34.3 Å². The summed E-state index contributed by atoms with van der Waals surface area (Å²) in [7, 11) is 0. The second kappa shape index (κ2) is 7.75. The van der Waals surface area contributed by atoms with E-state index in [0.29, 0.717) is 22.7 Å². The van der Waals surface area contributed by atoms with Crippen molar-refractivity contribution in [3.05, 3.63) is 69.6 Å². The van der Waals surface area contributed by atoms with Gasteiger partial charge in [0.2, 0.25) is 0 Å². The van der Waals surface area contributed by atoms with Gasteiger partial charge in [0.05, 0.1) is 17.5 Å². The van der Waals surface area contributed by atoms with Crippen molar-refractivity contribution in [3.63, 3.8) is 0 Å². The molecule has 1 aliphatic heterocycles. The van der Waals surface area contributed by atoms with Crippen LogP contribution in [-0.4, -0.2) is 39.8 Å². The summed E-state index contributed by atoms with van der Waals surface area (Å²) < 4.78 is 1.54. The van der Waals surface area contributed by atoms with Crippen LogP contribution in [0.15, 0.2) is 52.5 Å². The average molecular weight is 391 g/mol. The highest BCUT2D eigenvalue weighted by atomic mass is 16.4. The molecule has 2 aromatic heterocycles. The number of carboxylic acid groups (broad SMARTS) is 1. The number of nitrogens with one attached hydrogen (secondary N) is 1. The Morgan fingerprint density at radius 1 is 1.21 bits per heavy atom. The molecule has 0 spiro atoms. The highest BCUT2D eigenvalue weighted by Crippen LogP contribution is 2.21. The molecule has 0 aliphatic carbocycles. The maximum Gasteiger partial charge on any atom is 0.335 e. The van der Waals surface area contributed by atoms with Gasteiger partial charge < -0.3 is 10.0 Å². The van der Waals surface area contributed by atoms with E-state index in [1.807, 2.05) is 19.1 Å². The quantitative estimate of drug-likeness (QED) is 0.513. The topological polar surface area (TPSA) is 99.3 Å². The molecule has 8 nitrogen and oxygen atoms in total. The van der Waals surface area contributed by atoms with Crippen LogP contribution in [0.5, 0.6) is 0 Å². The average Bonchev–Trinajstić information content (AvgIpc) is 3.25. The van der Waals surface area contributed by atoms with Gasteiger partial charge in [-0.3, -0.25) is 14.6 Å². The number of rotatable bonds is 5. The highest BCUT2D eigenvalue weighted by molar-refractivity contribution is 5.89. The fourth-order valence-corrected chi connectivity index (χ4v) is 3.44. The number of hydrogen-bond acceptors (Lipinski definition) is 6. The molecular weight excluding hydrogens is 370 g/mol. The van der Waals surface area contributed by atoms with Crippen molar-refractivity contribution in [2.45, 2.75) is 19.8 Å². The van der Waals surface area contributed by atoms with E-state index in [0.717, 1.165) is 31.5 Å². The van der Waals surface area contributed by atoms with Crippen molar-refractivity contribution in [2.75, 3.05) is 23.4 Å². The van der Waals surface area contributed by atoms with Gasteiger partial charge in [-0.15, -0.1) is 0 Å². The molecule has 0 unspecified atom stereocenters. The third-order valence-electron chi connectivity index (χ3n) is 4.99. The number of nitrogens with zero attached hydrogens (tertiary/aromatic N) is 4. The van der Waals surface area contributed by atoms with Gasteiger partial charge in [0, 0.05) is 19.3 Å². The molecule has 2 N–H and O–H groups in total. The number of hydrogen-bond donors (Lipinski definition) is 2. The fourth-order valence-electron chi connectivity index (χ4n) is 3.44. The number of anilines is 2. The Bertz CT molecular complexity index is 1150. The number of aromatic carboxylic acids is 1. The van der Waals surface area contributed by atoms with Crippen molar-refractivity contribution >= 4 is 29.3 Å². The second-order valence-electron chi connectivity index (χ2n) is 6.99. The van der Waals surface area contributed by atoms with E-state index in [1.54, 1.807) is 18.3 Å². The van der Waals surface area contributed by atoms with Crippen LogP contribution >= 0.6 is 0 Å². The molecule has 0 radical (unpaired) electrons. The summed E-state index contributed by atoms with van der Waals surface area (Å²) in [5, 5.41) is 13.2. The lowest BCUT2D eigenvalue weighted by Gasteiger charge is -2.19. The summed E-state index contributed by atoms with van der Waals surface area (Å²) in [6.07, 6.45) is 5.34. The lowest BCUT2D eigenvalue weighted by atomic mass is 10.2.